The zero-order valence-electron chi connectivity index (χ0n) is 6.17. The van der Waals surface area contributed by atoms with Gasteiger partial charge in [-0.05, 0) is 0 Å². The van der Waals surface area contributed by atoms with Crippen LogP contribution in [0.3, 0.4) is 0 Å². The van der Waals surface area contributed by atoms with E-state index in [0.29, 0.717) is 0 Å². The van der Waals surface area contributed by atoms with Gasteiger partial charge in [-0.1, -0.05) is 0 Å². The maximum absolute atomic E-state index is 8.91. The molecule has 0 bridgehead atoms. The smallest absolute Gasteiger partial charge is 2.00 e. The predicted molar refractivity (Wildman–Crippen MR) is 29.5 cm³/mol. The number of hydrogen-bond donors (Lipinski definition) is 5. The number of carbonyl (C=O) groups is 1. The SMILES string of the molecule is O=C(O)O.[Ca+2].[Na+].[O-2].[O-][Si](O)(O)O. The molecule has 11 heteroatoms. The van der Waals surface area contributed by atoms with E-state index in [1.54, 1.807) is 0 Å². The molecule has 0 atom stereocenters. The molecule has 12 heavy (non-hydrogen) atoms. The molecule has 0 radical (unpaired) electrons. The summed E-state index contributed by atoms with van der Waals surface area (Å²) >= 11 is 0. The maximum atomic E-state index is 8.91. The van der Waals surface area contributed by atoms with Crippen molar-refractivity contribution in [2.45, 2.75) is 0 Å². The van der Waals surface area contributed by atoms with Gasteiger partial charge in [0.25, 0.3) is 0 Å². The first-order valence-corrected chi connectivity index (χ1v) is 3.28. The van der Waals surface area contributed by atoms with Crippen molar-refractivity contribution >= 4 is 52.9 Å². The third-order valence-corrected chi connectivity index (χ3v) is 0. The molecule has 0 aromatic heterocycles. The third kappa shape index (κ3) is 537. The molecule has 0 heterocycles. The van der Waals surface area contributed by atoms with E-state index in [4.69, 9.17) is 34.2 Å². The van der Waals surface area contributed by atoms with Gasteiger partial charge in [0, 0.05) is 0 Å². The Hall–Kier alpha value is 1.55. The summed E-state index contributed by atoms with van der Waals surface area (Å²) in [5, 5.41) is 13.9. The molecular formula is CH5CaNaO8Si. The van der Waals surface area contributed by atoms with Gasteiger partial charge in [-0.2, -0.15) is 0 Å². The van der Waals surface area contributed by atoms with Gasteiger partial charge in [-0.15, -0.1) is 0 Å². The Balaban J connectivity index is -0.0000000221. The second kappa shape index (κ2) is 15.0. The fraction of sp³-hybridized carbons (Fsp3) is 0. The van der Waals surface area contributed by atoms with Gasteiger partial charge in [0.15, 0.2) is 0 Å². The van der Waals surface area contributed by atoms with E-state index < -0.39 is 15.2 Å². The van der Waals surface area contributed by atoms with E-state index in [9.17, 15) is 0 Å². The van der Waals surface area contributed by atoms with Crippen LogP contribution >= 0.6 is 0 Å². The maximum Gasteiger partial charge on any atom is 2.00 e. The molecule has 0 aromatic rings. The molecule has 0 unspecified atom stereocenters. The number of carboxylic acid groups (broad SMARTS) is 2. The van der Waals surface area contributed by atoms with Crippen LogP contribution in [0.25, 0.3) is 0 Å². The number of hydrogen-bond acceptors (Lipinski definition) is 5. The molecule has 5 N–H and O–H groups in total. The van der Waals surface area contributed by atoms with Crippen molar-refractivity contribution in [1.82, 2.24) is 0 Å². The number of rotatable bonds is 0. The van der Waals surface area contributed by atoms with Crippen LogP contribution in [-0.4, -0.2) is 77.5 Å². The first-order valence-electron chi connectivity index (χ1n) is 1.53. The first-order chi connectivity index (χ1) is 3.73. The Morgan fingerprint density at radius 2 is 1.17 bits per heavy atom. The minimum atomic E-state index is -4.86. The van der Waals surface area contributed by atoms with Crippen LogP contribution in [-0.2, 0) is 5.48 Å². The Labute approximate surface area is 121 Å². The zero-order valence-corrected chi connectivity index (χ0v) is 11.4. The summed E-state index contributed by atoms with van der Waals surface area (Å²) in [4.78, 5) is 39.1. The second-order valence-electron chi connectivity index (χ2n) is 0.856. The van der Waals surface area contributed by atoms with Crippen LogP contribution in [0.1, 0.15) is 0 Å². The van der Waals surface area contributed by atoms with Crippen molar-refractivity contribution < 1.29 is 69.2 Å². The van der Waals surface area contributed by atoms with Gasteiger partial charge in [0.2, 0.25) is 0 Å². The van der Waals surface area contributed by atoms with E-state index in [0.717, 1.165) is 0 Å². The van der Waals surface area contributed by atoms with Gasteiger partial charge in [0.1, 0.15) is 0 Å². The Morgan fingerprint density at radius 1 is 1.17 bits per heavy atom. The summed E-state index contributed by atoms with van der Waals surface area (Å²) in [6, 6.07) is 0. The predicted octanol–water partition coefficient (Wildman–Crippen LogP) is -6.51. The van der Waals surface area contributed by atoms with E-state index in [-0.39, 0.29) is 72.8 Å². The average Bonchev–Trinajstić information content (AvgIpc) is 1.19. The second-order valence-corrected chi connectivity index (χ2v) is 2.00. The minimum absolute atomic E-state index is 0. The summed E-state index contributed by atoms with van der Waals surface area (Å²) in [6.07, 6.45) is -1.83. The van der Waals surface area contributed by atoms with E-state index >= 15 is 0 Å². The molecular weight excluding hydrogens is 231 g/mol. The molecule has 0 aliphatic rings. The van der Waals surface area contributed by atoms with Gasteiger partial charge < -0.3 is 34.9 Å². The molecule has 64 valence electrons. The van der Waals surface area contributed by atoms with Crippen molar-refractivity contribution in [3.05, 3.63) is 0 Å². The van der Waals surface area contributed by atoms with Crippen LogP contribution in [0.15, 0.2) is 0 Å². The summed E-state index contributed by atoms with van der Waals surface area (Å²) < 4.78 is 0. The van der Waals surface area contributed by atoms with Gasteiger partial charge >= 0.3 is 82.5 Å². The van der Waals surface area contributed by atoms with Crippen molar-refractivity contribution in [2.24, 2.45) is 0 Å². The molecule has 0 aliphatic carbocycles. The largest absolute Gasteiger partial charge is 2.00 e. The molecule has 0 fully saturated rings. The quantitative estimate of drug-likeness (QED) is 0.260. The zero-order chi connectivity index (χ0) is 8.08. The van der Waals surface area contributed by atoms with E-state index in [1.165, 1.54) is 0 Å². The normalized spacial score (nSPS) is 7.00. The first kappa shape index (κ1) is 29.2. The van der Waals surface area contributed by atoms with Gasteiger partial charge in [0.05, 0.1) is 0 Å². The van der Waals surface area contributed by atoms with E-state index in [1.807, 2.05) is 0 Å². The molecule has 0 saturated carbocycles. The fourth-order valence-corrected chi connectivity index (χ4v) is 0. The summed E-state index contributed by atoms with van der Waals surface area (Å²) in [5.74, 6) is 0. The topological polar surface area (TPSA) is 170 Å². The molecule has 0 saturated heterocycles. The average molecular weight is 236 g/mol. The van der Waals surface area contributed by atoms with Crippen LogP contribution in [0.2, 0.25) is 0 Å². The van der Waals surface area contributed by atoms with Crippen LogP contribution in [0, 0.1) is 0 Å². The van der Waals surface area contributed by atoms with Gasteiger partial charge in [-0.3, -0.25) is 0 Å². The summed E-state index contributed by atoms with van der Waals surface area (Å²) in [7, 11) is -4.86. The van der Waals surface area contributed by atoms with Crippen molar-refractivity contribution in [2.75, 3.05) is 0 Å². The minimum Gasteiger partial charge on any atom is -2.00 e. The molecule has 8 nitrogen and oxygen atoms in total. The Morgan fingerprint density at radius 3 is 1.17 bits per heavy atom. The van der Waals surface area contributed by atoms with E-state index in [2.05, 4.69) is 0 Å². The molecule has 0 rings (SSSR count). The van der Waals surface area contributed by atoms with Crippen molar-refractivity contribution in [1.29, 1.82) is 0 Å². The molecule has 0 amide bonds. The monoisotopic (exact) mass is 236 g/mol. The van der Waals surface area contributed by atoms with Crippen molar-refractivity contribution in [3.63, 3.8) is 0 Å². The summed E-state index contributed by atoms with van der Waals surface area (Å²) in [6.45, 7) is 0. The fourth-order valence-electron chi connectivity index (χ4n) is 0. The third-order valence-electron chi connectivity index (χ3n) is 0. The van der Waals surface area contributed by atoms with Crippen LogP contribution in [0.4, 0.5) is 4.79 Å². The van der Waals surface area contributed by atoms with Crippen molar-refractivity contribution in [3.8, 4) is 0 Å². The Kier molecular flexibility index (Phi) is 36.6. The summed E-state index contributed by atoms with van der Waals surface area (Å²) in [5.41, 5.74) is 0. The Bertz CT molecular complexity index is 81.5. The van der Waals surface area contributed by atoms with Crippen LogP contribution < -0.4 is 34.4 Å². The van der Waals surface area contributed by atoms with Gasteiger partial charge in [-0.25, -0.2) is 4.79 Å². The molecule has 0 aliphatic heterocycles. The standard InChI is InChI=1S/CH2O3.Ca.Na.H3O4Si.O/c2-1(3)4;;;1-5(2,3)4;/h(H2,2,3,4);;;1-3H;/q;+2;+1;-1;-2. The van der Waals surface area contributed by atoms with Crippen LogP contribution in [0.5, 0.6) is 0 Å². The molecule has 0 aromatic carbocycles. The molecule has 0 spiro atoms.